The lowest BCUT2D eigenvalue weighted by molar-refractivity contribution is -0.117. The molecule has 1 aliphatic heterocycles. The number of carbonyl (C=O) groups is 2. The summed E-state index contributed by atoms with van der Waals surface area (Å²) >= 11 is 0. The number of nitrogens with zero attached hydrogens (tertiary/aromatic N) is 3. The normalized spacial score (nSPS) is 16.1. The fourth-order valence-electron chi connectivity index (χ4n) is 3.90. The van der Waals surface area contributed by atoms with Gasteiger partial charge in [0.1, 0.15) is 11.6 Å². The molecule has 1 saturated heterocycles. The minimum Gasteiger partial charge on any atom is -0.508 e. The van der Waals surface area contributed by atoms with Crippen LogP contribution in [0.4, 0.5) is 11.8 Å². The van der Waals surface area contributed by atoms with E-state index in [2.05, 4.69) is 20.6 Å². The van der Waals surface area contributed by atoms with Crippen molar-refractivity contribution in [3.05, 3.63) is 35.0 Å². The largest absolute Gasteiger partial charge is 0.508 e. The molecule has 0 aliphatic carbocycles. The molecule has 1 unspecified atom stereocenters. The van der Waals surface area contributed by atoms with Gasteiger partial charge in [-0.05, 0) is 44.9 Å². The highest BCUT2D eigenvalue weighted by Gasteiger charge is 2.26. The Kier molecular flexibility index (Phi) is 4.78. The summed E-state index contributed by atoms with van der Waals surface area (Å²) in [6, 6.07) is 3.03. The van der Waals surface area contributed by atoms with E-state index in [1.54, 1.807) is 23.6 Å². The number of phenolic OH excluding ortho intramolecular Hbond substituents is 1. The van der Waals surface area contributed by atoms with Crippen LogP contribution >= 0.6 is 0 Å². The highest BCUT2D eigenvalue weighted by Crippen LogP contribution is 2.35. The Hall–Kier alpha value is -3.66. The Morgan fingerprint density at radius 3 is 2.77 bits per heavy atom. The summed E-state index contributed by atoms with van der Waals surface area (Å²) in [6.45, 7) is 4.38. The van der Waals surface area contributed by atoms with Crippen LogP contribution < -0.4 is 22.1 Å². The highest BCUT2D eigenvalue weighted by molar-refractivity contribution is 6.11. The summed E-state index contributed by atoms with van der Waals surface area (Å²) < 4.78 is 1.56. The number of nitrogens with one attached hydrogen (secondary N) is 2. The van der Waals surface area contributed by atoms with Crippen molar-refractivity contribution in [2.45, 2.75) is 32.7 Å². The molecule has 0 bridgehead atoms. The van der Waals surface area contributed by atoms with E-state index in [-0.39, 0.29) is 35.0 Å². The molecule has 1 aromatic carbocycles. The quantitative estimate of drug-likeness (QED) is 0.431. The van der Waals surface area contributed by atoms with Gasteiger partial charge in [0.2, 0.25) is 11.9 Å². The Balaban J connectivity index is 1.91. The first-order chi connectivity index (χ1) is 14.3. The van der Waals surface area contributed by atoms with E-state index in [0.29, 0.717) is 22.3 Å². The number of phenols is 1. The summed E-state index contributed by atoms with van der Waals surface area (Å²) in [4.78, 5) is 33.2. The molecule has 0 saturated carbocycles. The van der Waals surface area contributed by atoms with Gasteiger partial charge in [-0.25, -0.2) is 4.98 Å². The topological polar surface area (TPSA) is 161 Å². The monoisotopic (exact) mass is 409 g/mol. The Morgan fingerprint density at radius 1 is 1.33 bits per heavy atom. The molecule has 3 heterocycles. The van der Waals surface area contributed by atoms with Crippen LogP contribution in [0.1, 0.15) is 34.3 Å². The third kappa shape index (κ3) is 3.11. The third-order valence-electron chi connectivity index (χ3n) is 5.43. The van der Waals surface area contributed by atoms with Gasteiger partial charge in [0.25, 0.3) is 5.91 Å². The molecule has 0 radical (unpaired) electrons. The van der Waals surface area contributed by atoms with E-state index < -0.39 is 5.91 Å². The second kappa shape index (κ2) is 7.30. The molecular formula is C20H23N7O3. The fraction of sp³-hybridized carbons (Fsp3) is 0.300. The minimum absolute atomic E-state index is 0.0763. The second-order valence-corrected chi connectivity index (χ2v) is 7.40. The average molecular weight is 409 g/mol. The first kappa shape index (κ1) is 19.6. The van der Waals surface area contributed by atoms with Gasteiger partial charge in [-0.15, -0.1) is 0 Å². The van der Waals surface area contributed by atoms with Crippen LogP contribution in [0.2, 0.25) is 0 Å². The predicted molar refractivity (Wildman–Crippen MR) is 113 cm³/mol. The molecule has 1 atom stereocenters. The molecule has 2 aromatic heterocycles. The zero-order valence-corrected chi connectivity index (χ0v) is 16.7. The fourth-order valence-corrected chi connectivity index (χ4v) is 3.90. The van der Waals surface area contributed by atoms with Crippen molar-refractivity contribution in [3.8, 4) is 11.4 Å². The highest BCUT2D eigenvalue weighted by atomic mass is 16.3. The maximum Gasteiger partial charge on any atom is 0.253 e. The molecule has 10 heteroatoms. The maximum absolute atomic E-state index is 12.4. The molecule has 4 rings (SSSR count). The Morgan fingerprint density at radius 2 is 2.10 bits per heavy atom. The molecular weight excluding hydrogens is 386 g/mol. The van der Waals surface area contributed by atoms with Crippen molar-refractivity contribution in [2.24, 2.45) is 5.73 Å². The third-order valence-corrected chi connectivity index (χ3v) is 5.43. The van der Waals surface area contributed by atoms with Crippen LogP contribution in [0.3, 0.4) is 0 Å². The summed E-state index contributed by atoms with van der Waals surface area (Å²) in [7, 11) is 0. The first-order valence-corrected chi connectivity index (χ1v) is 9.60. The van der Waals surface area contributed by atoms with Gasteiger partial charge in [-0.3, -0.25) is 19.5 Å². The van der Waals surface area contributed by atoms with Crippen molar-refractivity contribution >= 4 is 34.6 Å². The van der Waals surface area contributed by atoms with E-state index >= 15 is 0 Å². The number of rotatable bonds is 4. The van der Waals surface area contributed by atoms with Gasteiger partial charge in [0.15, 0.2) is 5.65 Å². The van der Waals surface area contributed by atoms with Crippen LogP contribution in [0.25, 0.3) is 16.7 Å². The lowest BCUT2D eigenvalue weighted by Crippen LogP contribution is -2.36. The van der Waals surface area contributed by atoms with Gasteiger partial charge in [0, 0.05) is 11.8 Å². The number of benzene rings is 1. The molecule has 7 N–H and O–H groups in total. The number of hydrogen-bond acceptors (Lipinski definition) is 7. The van der Waals surface area contributed by atoms with Crippen LogP contribution in [-0.4, -0.2) is 44.0 Å². The van der Waals surface area contributed by atoms with Gasteiger partial charge < -0.3 is 21.9 Å². The molecule has 30 heavy (non-hydrogen) atoms. The number of fused-ring (bicyclic) bond motifs is 1. The number of primary amides is 1. The minimum atomic E-state index is -0.720. The van der Waals surface area contributed by atoms with Gasteiger partial charge in [-0.2, -0.15) is 4.98 Å². The average Bonchev–Trinajstić information content (AvgIpc) is 3.32. The lowest BCUT2D eigenvalue weighted by Gasteiger charge is -2.15. The van der Waals surface area contributed by atoms with Gasteiger partial charge >= 0.3 is 0 Å². The zero-order valence-electron chi connectivity index (χ0n) is 16.7. The number of aryl methyl sites for hydroxylation is 1. The smallest absolute Gasteiger partial charge is 0.253 e. The first-order valence-electron chi connectivity index (χ1n) is 9.60. The standard InChI is InChI=1S/C20H23N7O3/c1-9-5-6-13(28)10(2)15(9)27-16(21)14(17(22)29)11-8-24-20(25-18(11)27)26-19(30)12-4-3-7-23-12/h5-6,8,12,23,28H,3-4,7,21H2,1-2H3,(H2,22,29)(H,24,25,26,30). The Labute approximate surface area is 172 Å². The van der Waals surface area contributed by atoms with E-state index in [0.717, 1.165) is 24.9 Å². The number of anilines is 2. The molecule has 3 aromatic rings. The van der Waals surface area contributed by atoms with Crippen molar-refractivity contribution in [1.29, 1.82) is 0 Å². The SMILES string of the molecule is Cc1ccc(O)c(C)c1-n1c(N)c(C(N)=O)c2cnc(NC(=O)C3CCCN3)nc21. The number of carbonyl (C=O) groups excluding carboxylic acids is 2. The lowest BCUT2D eigenvalue weighted by atomic mass is 10.1. The van der Waals surface area contributed by atoms with E-state index in [4.69, 9.17) is 11.5 Å². The van der Waals surface area contributed by atoms with Crippen LogP contribution in [0, 0.1) is 13.8 Å². The van der Waals surface area contributed by atoms with Crippen LogP contribution in [0.15, 0.2) is 18.3 Å². The van der Waals surface area contributed by atoms with E-state index in [1.807, 2.05) is 6.92 Å². The number of nitrogen functional groups attached to an aromatic ring is 1. The number of aromatic nitrogens is 3. The molecule has 1 fully saturated rings. The summed E-state index contributed by atoms with van der Waals surface area (Å²) in [6.07, 6.45) is 3.08. The summed E-state index contributed by atoms with van der Waals surface area (Å²) in [5.41, 5.74) is 14.2. The second-order valence-electron chi connectivity index (χ2n) is 7.40. The van der Waals surface area contributed by atoms with Crippen LogP contribution in [0.5, 0.6) is 5.75 Å². The summed E-state index contributed by atoms with van der Waals surface area (Å²) in [5, 5.41) is 16.4. The van der Waals surface area contributed by atoms with Crippen molar-refractivity contribution in [1.82, 2.24) is 19.9 Å². The predicted octanol–water partition coefficient (Wildman–Crippen LogP) is 1.11. The number of nitrogens with two attached hydrogens (primary N) is 2. The summed E-state index contributed by atoms with van der Waals surface area (Å²) in [5.74, 6) is -0.691. The molecule has 2 amide bonds. The van der Waals surface area contributed by atoms with Crippen molar-refractivity contribution in [2.75, 3.05) is 17.6 Å². The molecule has 10 nitrogen and oxygen atoms in total. The molecule has 1 aliphatic rings. The molecule has 0 spiro atoms. The number of hydrogen-bond donors (Lipinski definition) is 5. The molecule has 156 valence electrons. The van der Waals surface area contributed by atoms with Crippen molar-refractivity contribution in [3.63, 3.8) is 0 Å². The number of amides is 2. The van der Waals surface area contributed by atoms with E-state index in [9.17, 15) is 14.7 Å². The number of aromatic hydroxyl groups is 1. The Bertz CT molecular complexity index is 1180. The van der Waals surface area contributed by atoms with Crippen molar-refractivity contribution < 1.29 is 14.7 Å². The van der Waals surface area contributed by atoms with E-state index in [1.165, 1.54) is 6.20 Å². The van der Waals surface area contributed by atoms with Crippen LogP contribution in [-0.2, 0) is 4.79 Å². The zero-order chi connectivity index (χ0) is 21.6. The maximum atomic E-state index is 12.4. The van der Waals surface area contributed by atoms with Gasteiger partial charge in [-0.1, -0.05) is 6.07 Å². The van der Waals surface area contributed by atoms with Gasteiger partial charge in [0.05, 0.1) is 22.7 Å².